The van der Waals surface area contributed by atoms with Crippen molar-refractivity contribution in [3.05, 3.63) is 22.4 Å². The highest BCUT2D eigenvalue weighted by molar-refractivity contribution is 7.09. The van der Waals surface area contributed by atoms with Crippen molar-refractivity contribution < 1.29 is 4.43 Å². The lowest BCUT2D eigenvalue weighted by Gasteiger charge is -2.22. The summed E-state index contributed by atoms with van der Waals surface area (Å²) in [5.74, 6) is 0. The Kier molecular flexibility index (Phi) is 12.9. The Balaban J connectivity index is 1.88. The Labute approximate surface area is 156 Å². The van der Waals surface area contributed by atoms with Crippen LogP contribution in [0.1, 0.15) is 82.4 Å². The van der Waals surface area contributed by atoms with Crippen LogP contribution in [0.15, 0.2) is 17.5 Å². The molecule has 1 rings (SSSR count). The first-order valence-corrected chi connectivity index (χ1v) is 14.3. The van der Waals surface area contributed by atoms with E-state index < -0.39 is 8.32 Å². The van der Waals surface area contributed by atoms with Gasteiger partial charge >= 0.3 is 0 Å². The molecule has 0 aromatic carbocycles. The van der Waals surface area contributed by atoms with Gasteiger partial charge in [0.25, 0.3) is 0 Å². The van der Waals surface area contributed by atoms with E-state index in [4.69, 9.17) is 4.43 Å². The van der Waals surface area contributed by atoms with Gasteiger partial charge in [-0.25, -0.2) is 0 Å². The van der Waals surface area contributed by atoms with Gasteiger partial charge in [0.1, 0.15) is 0 Å². The number of rotatable bonds is 16. The standard InChI is InChI=1S/C21H40OSSi/c1-4-5-6-7-8-9-10-11-12-13-18-22-24(2,3)20-15-17-21-16-14-19-23-21/h14,16,19H,4-13,15,17-18,20H2,1-3H3. The summed E-state index contributed by atoms with van der Waals surface area (Å²) in [6, 6.07) is 5.71. The molecule has 0 saturated carbocycles. The van der Waals surface area contributed by atoms with Gasteiger partial charge in [0.05, 0.1) is 0 Å². The Morgan fingerprint density at radius 1 is 0.875 bits per heavy atom. The third-order valence-corrected chi connectivity index (χ3v) is 8.25. The average Bonchev–Trinajstić information content (AvgIpc) is 3.06. The highest BCUT2D eigenvalue weighted by atomic mass is 32.1. The minimum Gasteiger partial charge on any atom is -0.417 e. The molecule has 1 aromatic heterocycles. The Bertz CT molecular complexity index is 375. The van der Waals surface area contributed by atoms with Gasteiger partial charge < -0.3 is 4.43 Å². The first-order valence-electron chi connectivity index (χ1n) is 10.3. The van der Waals surface area contributed by atoms with Crippen LogP contribution in [0.2, 0.25) is 19.1 Å². The number of hydrogen-bond donors (Lipinski definition) is 0. The molecule has 0 spiro atoms. The molecule has 0 aliphatic heterocycles. The van der Waals surface area contributed by atoms with Crippen molar-refractivity contribution in [3.8, 4) is 0 Å². The van der Waals surface area contributed by atoms with Crippen molar-refractivity contribution in [1.29, 1.82) is 0 Å². The van der Waals surface area contributed by atoms with Crippen molar-refractivity contribution >= 4 is 19.7 Å². The molecule has 0 aliphatic carbocycles. The van der Waals surface area contributed by atoms with Gasteiger partial charge in [0.15, 0.2) is 8.32 Å². The predicted molar refractivity (Wildman–Crippen MR) is 113 cm³/mol. The molecule has 0 atom stereocenters. The highest BCUT2D eigenvalue weighted by Crippen LogP contribution is 2.19. The summed E-state index contributed by atoms with van der Waals surface area (Å²) in [5, 5.41) is 2.18. The van der Waals surface area contributed by atoms with Crippen LogP contribution in [0.4, 0.5) is 0 Å². The fourth-order valence-electron chi connectivity index (χ4n) is 3.15. The summed E-state index contributed by atoms with van der Waals surface area (Å²) in [7, 11) is -1.43. The molecule has 0 N–H and O–H groups in total. The van der Waals surface area contributed by atoms with Crippen LogP contribution in [0.3, 0.4) is 0 Å². The van der Waals surface area contributed by atoms with Gasteiger partial charge in [-0.3, -0.25) is 0 Å². The van der Waals surface area contributed by atoms with Crippen LogP contribution >= 0.6 is 11.3 Å². The number of aryl methyl sites for hydroxylation is 1. The quantitative estimate of drug-likeness (QED) is 0.213. The SMILES string of the molecule is CCCCCCCCCCCCO[Si](C)(C)CCCc1cccs1. The van der Waals surface area contributed by atoms with Crippen molar-refractivity contribution in [2.24, 2.45) is 0 Å². The van der Waals surface area contributed by atoms with E-state index in [1.807, 2.05) is 11.3 Å². The van der Waals surface area contributed by atoms with Crippen molar-refractivity contribution in [2.45, 2.75) is 103 Å². The number of unbranched alkanes of at least 4 members (excludes halogenated alkanes) is 9. The molecule has 24 heavy (non-hydrogen) atoms. The first-order chi connectivity index (χ1) is 11.6. The van der Waals surface area contributed by atoms with E-state index in [2.05, 4.69) is 37.5 Å². The summed E-state index contributed by atoms with van der Waals surface area (Å²) in [5.41, 5.74) is 0. The summed E-state index contributed by atoms with van der Waals surface area (Å²) < 4.78 is 6.26. The molecule has 1 nitrogen and oxygen atoms in total. The van der Waals surface area contributed by atoms with Gasteiger partial charge in [-0.05, 0) is 49.8 Å². The smallest absolute Gasteiger partial charge is 0.186 e. The lowest BCUT2D eigenvalue weighted by atomic mass is 10.1. The van der Waals surface area contributed by atoms with Crippen molar-refractivity contribution in [3.63, 3.8) is 0 Å². The summed E-state index contributed by atoms with van der Waals surface area (Å²) >= 11 is 1.88. The maximum Gasteiger partial charge on any atom is 0.186 e. The topological polar surface area (TPSA) is 9.23 Å². The van der Waals surface area contributed by atoms with Gasteiger partial charge in [-0.1, -0.05) is 70.8 Å². The molecule has 0 unspecified atom stereocenters. The molecule has 1 heterocycles. The van der Waals surface area contributed by atoms with Crippen LogP contribution in [0.5, 0.6) is 0 Å². The monoisotopic (exact) mass is 368 g/mol. The average molecular weight is 369 g/mol. The Morgan fingerprint density at radius 3 is 2.08 bits per heavy atom. The largest absolute Gasteiger partial charge is 0.417 e. The number of thiophene rings is 1. The summed E-state index contributed by atoms with van der Waals surface area (Å²) in [6.07, 6.45) is 16.5. The third-order valence-electron chi connectivity index (χ3n) is 4.77. The fourth-order valence-corrected chi connectivity index (χ4v) is 5.77. The van der Waals surface area contributed by atoms with Crippen LogP contribution in [-0.4, -0.2) is 14.9 Å². The zero-order valence-corrected chi connectivity index (χ0v) is 18.3. The fraction of sp³-hybridized carbons (Fsp3) is 0.810. The zero-order chi connectivity index (χ0) is 17.5. The van der Waals surface area contributed by atoms with E-state index in [0.29, 0.717) is 0 Å². The first kappa shape index (κ1) is 21.9. The van der Waals surface area contributed by atoms with E-state index in [1.165, 1.54) is 88.0 Å². The van der Waals surface area contributed by atoms with Gasteiger partial charge in [0.2, 0.25) is 0 Å². The molecular formula is C21H40OSSi. The Morgan fingerprint density at radius 2 is 1.50 bits per heavy atom. The van der Waals surface area contributed by atoms with Crippen LogP contribution in [-0.2, 0) is 10.8 Å². The lowest BCUT2D eigenvalue weighted by Crippen LogP contribution is -2.30. The molecule has 0 bridgehead atoms. The van der Waals surface area contributed by atoms with E-state index in [-0.39, 0.29) is 0 Å². The van der Waals surface area contributed by atoms with E-state index in [9.17, 15) is 0 Å². The third kappa shape index (κ3) is 12.3. The van der Waals surface area contributed by atoms with Gasteiger partial charge in [-0.15, -0.1) is 11.3 Å². The number of hydrogen-bond acceptors (Lipinski definition) is 2. The molecule has 140 valence electrons. The molecule has 3 heteroatoms. The molecule has 0 amide bonds. The second kappa shape index (κ2) is 14.1. The molecule has 0 saturated heterocycles. The Hall–Kier alpha value is -0.123. The molecule has 0 fully saturated rings. The van der Waals surface area contributed by atoms with Crippen LogP contribution in [0, 0.1) is 0 Å². The summed E-state index contributed by atoms with van der Waals surface area (Å²) in [4.78, 5) is 1.52. The summed E-state index contributed by atoms with van der Waals surface area (Å²) in [6.45, 7) is 8.06. The maximum absolute atomic E-state index is 6.26. The van der Waals surface area contributed by atoms with Gasteiger partial charge in [0, 0.05) is 11.5 Å². The maximum atomic E-state index is 6.26. The molecule has 0 radical (unpaired) electrons. The second-order valence-corrected chi connectivity index (χ2v) is 13.1. The second-order valence-electron chi connectivity index (χ2n) is 7.72. The molecule has 0 aliphatic rings. The van der Waals surface area contributed by atoms with Crippen LogP contribution < -0.4 is 0 Å². The van der Waals surface area contributed by atoms with Crippen molar-refractivity contribution in [2.75, 3.05) is 6.61 Å². The molecule has 1 aromatic rings. The minimum absolute atomic E-state index is 0.995. The zero-order valence-electron chi connectivity index (χ0n) is 16.4. The normalized spacial score (nSPS) is 12.0. The lowest BCUT2D eigenvalue weighted by molar-refractivity contribution is 0.293. The van der Waals surface area contributed by atoms with Crippen molar-refractivity contribution in [1.82, 2.24) is 0 Å². The van der Waals surface area contributed by atoms with Crippen LogP contribution in [0.25, 0.3) is 0 Å². The van der Waals surface area contributed by atoms with E-state index >= 15 is 0 Å². The van der Waals surface area contributed by atoms with E-state index in [1.54, 1.807) is 0 Å². The predicted octanol–water partition coefficient (Wildman–Crippen LogP) is 7.82. The van der Waals surface area contributed by atoms with Gasteiger partial charge in [-0.2, -0.15) is 0 Å². The minimum atomic E-state index is -1.43. The highest BCUT2D eigenvalue weighted by Gasteiger charge is 2.21. The van der Waals surface area contributed by atoms with E-state index in [0.717, 1.165) is 6.61 Å². The molecular weight excluding hydrogens is 328 g/mol.